The lowest BCUT2D eigenvalue weighted by molar-refractivity contribution is -0.115. The number of rotatable bonds is 4. The maximum Gasteiger partial charge on any atom is 0.228 e. The third kappa shape index (κ3) is 3.99. The molecule has 0 atom stereocenters. The number of benzene rings is 2. The minimum Gasteiger partial charge on any atom is -0.495 e. The van der Waals surface area contributed by atoms with E-state index < -0.39 is 0 Å². The lowest BCUT2D eigenvalue weighted by Gasteiger charge is -2.12. The van der Waals surface area contributed by atoms with E-state index in [1.807, 2.05) is 31.2 Å². The van der Waals surface area contributed by atoms with Gasteiger partial charge in [-0.1, -0.05) is 45.7 Å². The van der Waals surface area contributed by atoms with Gasteiger partial charge < -0.3 is 10.1 Å². The number of aryl methyl sites for hydroxylation is 1. The minimum absolute atomic E-state index is 0.109. The van der Waals surface area contributed by atoms with Crippen molar-refractivity contribution in [1.29, 1.82) is 0 Å². The maximum atomic E-state index is 12.2. The Balaban J connectivity index is 2.17. The molecule has 0 aliphatic rings. The van der Waals surface area contributed by atoms with Crippen LogP contribution in [-0.2, 0) is 11.2 Å². The molecule has 2 aromatic carbocycles. The van der Waals surface area contributed by atoms with Crippen LogP contribution in [-0.4, -0.2) is 13.0 Å². The Kier molecular flexibility index (Phi) is 5.26. The molecule has 3 nitrogen and oxygen atoms in total. The summed E-state index contributed by atoms with van der Waals surface area (Å²) in [7, 11) is 1.55. The van der Waals surface area contributed by atoms with Gasteiger partial charge >= 0.3 is 0 Å². The minimum atomic E-state index is -0.109. The Morgan fingerprint density at radius 1 is 1.33 bits per heavy atom. The molecule has 0 aromatic heterocycles. The zero-order chi connectivity index (χ0) is 15.4. The molecule has 0 saturated carbocycles. The fourth-order valence-electron chi connectivity index (χ4n) is 1.94. The summed E-state index contributed by atoms with van der Waals surface area (Å²) < 4.78 is 6.16. The van der Waals surface area contributed by atoms with Crippen LogP contribution in [0.15, 0.2) is 40.9 Å². The zero-order valence-electron chi connectivity index (χ0n) is 11.7. The second kappa shape index (κ2) is 6.96. The maximum absolute atomic E-state index is 12.2. The van der Waals surface area contributed by atoms with Crippen LogP contribution in [0.4, 0.5) is 5.69 Å². The molecule has 0 fully saturated rings. The number of hydrogen-bond acceptors (Lipinski definition) is 2. The summed E-state index contributed by atoms with van der Waals surface area (Å²) in [5.74, 6) is 0.438. The van der Waals surface area contributed by atoms with Gasteiger partial charge in [-0.15, -0.1) is 0 Å². The van der Waals surface area contributed by atoms with Crippen LogP contribution in [0.3, 0.4) is 0 Å². The Labute approximate surface area is 137 Å². The molecule has 0 bridgehead atoms. The van der Waals surface area contributed by atoms with Gasteiger partial charge in [0, 0.05) is 15.6 Å². The number of carbonyl (C=O) groups is 1. The van der Waals surface area contributed by atoms with Gasteiger partial charge in [-0.2, -0.15) is 0 Å². The summed E-state index contributed by atoms with van der Waals surface area (Å²) in [6.07, 6.45) is 0.284. The largest absolute Gasteiger partial charge is 0.495 e. The van der Waals surface area contributed by atoms with Crippen LogP contribution < -0.4 is 10.1 Å². The number of methoxy groups -OCH3 is 1. The van der Waals surface area contributed by atoms with Crippen molar-refractivity contribution >= 4 is 39.1 Å². The molecule has 2 rings (SSSR count). The normalized spacial score (nSPS) is 10.3. The Hall–Kier alpha value is -1.52. The van der Waals surface area contributed by atoms with Crippen LogP contribution in [0, 0.1) is 6.92 Å². The smallest absolute Gasteiger partial charge is 0.228 e. The standard InChI is InChI=1S/C16H15BrClNO2/c1-10-7-14(15(21-2)9-13(10)18)19-16(20)8-11-5-3-4-6-12(11)17/h3-7,9H,8H2,1-2H3,(H,19,20). The third-order valence-corrected chi connectivity index (χ3v) is 4.24. The molecule has 0 aliphatic carbocycles. The molecule has 1 N–H and O–H groups in total. The van der Waals surface area contributed by atoms with E-state index in [1.165, 1.54) is 0 Å². The van der Waals surface area contributed by atoms with Gasteiger partial charge in [-0.3, -0.25) is 4.79 Å². The first-order chi connectivity index (χ1) is 10.0. The molecular weight excluding hydrogens is 354 g/mol. The van der Waals surface area contributed by atoms with Gasteiger partial charge in [0.2, 0.25) is 5.91 Å². The fraction of sp³-hybridized carbons (Fsp3) is 0.188. The molecule has 0 radical (unpaired) electrons. The predicted molar refractivity (Wildman–Crippen MR) is 89.2 cm³/mol. The lowest BCUT2D eigenvalue weighted by Crippen LogP contribution is -2.15. The fourth-order valence-corrected chi connectivity index (χ4v) is 2.52. The summed E-state index contributed by atoms with van der Waals surface area (Å²) in [6.45, 7) is 1.88. The molecule has 5 heteroatoms. The van der Waals surface area contributed by atoms with E-state index in [9.17, 15) is 4.79 Å². The third-order valence-electron chi connectivity index (χ3n) is 3.06. The van der Waals surface area contributed by atoms with Crippen molar-refractivity contribution in [3.8, 4) is 5.75 Å². The second-order valence-electron chi connectivity index (χ2n) is 4.62. The Morgan fingerprint density at radius 3 is 2.71 bits per heavy atom. The van der Waals surface area contributed by atoms with Crippen LogP contribution in [0.1, 0.15) is 11.1 Å². The molecule has 1 amide bonds. The van der Waals surface area contributed by atoms with E-state index >= 15 is 0 Å². The highest BCUT2D eigenvalue weighted by atomic mass is 79.9. The summed E-state index contributed by atoms with van der Waals surface area (Å²) in [5, 5.41) is 3.47. The SMILES string of the molecule is COc1cc(Cl)c(C)cc1NC(=O)Cc1ccccc1Br. The first kappa shape index (κ1) is 15.9. The Morgan fingerprint density at radius 2 is 2.05 bits per heavy atom. The molecule has 21 heavy (non-hydrogen) atoms. The topological polar surface area (TPSA) is 38.3 Å². The number of nitrogens with one attached hydrogen (secondary N) is 1. The highest BCUT2D eigenvalue weighted by Gasteiger charge is 2.12. The number of hydrogen-bond donors (Lipinski definition) is 1. The Bertz CT molecular complexity index is 673. The van der Waals surface area contributed by atoms with Crippen molar-refractivity contribution in [1.82, 2.24) is 0 Å². The van der Waals surface area contributed by atoms with E-state index in [-0.39, 0.29) is 12.3 Å². The van der Waals surface area contributed by atoms with Gasteiger partial charge in [-0.25, -0.2) is 0 Å². The van der Waals surface area contributed by atoms with Gasteiger partial charge in [0.1, 0.15) is 5.75 Å². The highest BCUT2D eigenvalue weighted by Crippen LogP contribution is 2.31. The quantitative estimate of drug-likeness (QED) is 0.856. The van der Waals surface area contributed by atoms with Gasteiger partial charge in [0.05, 0.1) is 19.2 Å². The van der Waals surface area contributed by atoms with Crippen molar-refractivity contribution in [2.24, 2.45) is 0 Å². The summed E-state index contributed by atoms with van der Waals surface area (Å²) in [6, 6.07) is 11.1. The van der Waals surface area contributed by atoms with Gasteiger partial charge in [-0.05, 0) is 30.2 Å². The molecular formula is C16H15BrClNO2. The number of anilines is 1. The molecule has 0 spiro atoms. The molecule has 0 unspecified atom stereocenters. The van der Waals surface area contributed by atoms with Gasteiger partial charge in [0.25, 0.3) is 0 Å². The van der Waals surface area contributed by atoms with Crippen LogP contribution in [0.2, 0.25) is 5.02 Å². The van der Waals surface area contributed by atoms with Gasteiger partial charge in [0.15, 0.2) is 0 Å². The summed E-state index contributed by atoms with van der Waals surface area (Å²) in [4.78, 5) is 12.2. The van der Waals surface area contributed by atoms with E-state index in [0.29, 0.717) is 16.5 Å². The van der Waals surface area contributed by atoms with E-state index in [1.54, 1.807) is 19.2 Å². The first-order valence-electron chi connectivity index (χ1n) is 6.38. The number of halogens is 2. The summed E-state index contributed by atoms with van der Waals surface area (Å²) in [5.41, 5.74) is 2.43. The summed E-state index contributed by atoms with van der Waals surface area (Å²) >= 11 is 9.49. The average molecular weight is 369 g/mol. The van der Waals surface area contributed by atoms with E-state index in [0.717, 1.165) is 15.6 Å². The first-order valence-corrected chi connectivity index (χ1v) is 7.55. The van der Waals surface area contributed by atoms with E-state index in [4.69, 9.17) is 16.3 Å². The highest BCUT2D eigenvalue weighted by molar-refractivity contribution is 9.10. The van der Waals surface area contributed by atoms with Crippen LogP contribution in [0.5, 0.6) is 5.75 Å². The van der Waals surface area contributed by atoms with Crippen molar-refractivity contribution < 1.29 is 9.53 Å². The van der Waals surface area contributed by atoms with Crippen LogP contribution >= 0.6 is 27.5 Å². The molecule has 2 aromatic rings. The van der Waals surface area contributed by atoms with Crippen molar-refractivity contribution in [3.63, 3.8) is 0 Å². The van der Waals surface area contributed by atoms with E-state index in [2.05, 4.69) is 21.2 Å². The number of ether oxygens (including phenoxy) is 1. The lowest BCUT2D eigenvalue weighted by atomic mass is 10.1. The number of amides is 1. The second-order valence-corrected chi connectivity index (χ2v) is 5.88. The molecule has 0 heterocycles. The average Bonchev–Trinajstić information content (AvgIpc) is 2.45. The number of carbonyl (C=O) groups excluding carboxylic acids is 1. The van der Waals surface area contributed by atoms with Crippen molar-refractivity contribution in [2.45, 2.75) is 13.3 Å². The zero-order valence-corrected chi connectivity index (χ0v) is 14.1. The van der Waals surface area contributed by atoms with Crippen LogP contribution in [0.25, 0.3) is 0 Å². The molecule has 110 valence electrons. The predicted octanol–water partition coefficient (Wildman–Crippen LogP) is 4.60. The molecule has 0 aliphatic heterocycles. The molecule has 0 saturated heterocycles. The van der Waals surface area contributed by atoms with Crippen molar-refractivity contribution in [3.05, 3.63) is 57.0 Å². The monoisotopic (exact) mass is 367 g/mol. The van der Waals surface area contributed by atoms with Crippen molar-refractivity contribution in [2.75, 3.05) is 12.4 Å².